The Kier molecular flexibility index (Phi) is 2.95. The minimum absolute atomic E-state index is 0.109. The summed E-state index contributed by atoms with van der Waals surface area (Å²) >= 11 is 0. The summed E-state index contributed by atoms with van der Waals surface area (Å²) in [4.78, 5) is 0. The maximum absolute atomic E-state index is 6.47. The molecule has 0 bridgehead atoms. The molecule has 3 aliphatic rings. The molecule has 3 nitrogen and oxygen atoms in total. The van der Waals surface area contributed by atoms with Crippen molar-refractivity contribution >= 4 is 38.9 Å². The molecule has 0 saturated carbocycles. The van der Waals surface area contributed by atoms with Gasteiger partial charge in [-0.3, -0.25) is 0 Å². The third-order valence-electron chi connectivity index (χ3n) is 6.77. The molecule has 2 aliphatic carbocycles. The van der Waals surface area contributed by atoms with Gasteiger partial charge in [0.25, 0.3) is 0 Å². The summed E-state index contributed by atoms with van der Waals surface area (Å²) in [6.45, 7) is 3.12. The summed E-state index contributed by atoms with van der Waals surface area (Å²) in [5.41, 5.74) is 6.02. The first-order chi connectivity index (χ1) is 14.3. The highest BCUT2D eigenvalue weighted by molar-refractivity contribution is 6.14. The van der Waals surface area contributed by atoms with E-state index in [1.165, 1.54) is 38.3 Å². The molecule has 29 heavy (non-hydrogen) atoms. The zero-order valence-electron chi connectivity index (χ0n) is 16.3. The number of fused-ring (bicyclic) bond motifs is 10. The Bertz CT molecular complexity index is 1430. The van der Waals surface area contributed by atoms with Crippen LogP contribution in [-0.2, 0) is 13.0 Å². The van der Waals surface area contributed by atoms with Gasteiger partial charge in [0, 0.05) is 46.2 Å². The molecule has 4 aromatic rings. The number of furan rings is 1. The summed E-state index contributed by atoms with van der Waals surface area (Å²) in [7, 11) is 0. The molecule has 3 heterocycles. The Hall–Kier alpha value is -3.20. The van der Waals surface area contributed by atoms with E-state index in [4.69, 9.17) is 9.15 Å². The van der Waals surface area contributed by atoms with Crippen LogP contribution in [-0.4, -0.2) is 10.7 Å². The fraction of sp³-hybridized carbons (Fsp3) is 0.231. The van der Waals surface area contributed by atoms with Crippen LogP contribution in [0.4, 0.5) is 0 Å². The van der Waals surface area contributed by atoms with Crippen molar-refractivity contribution in [3.05, 3.63) is 71.5 Å². The zero-order valence-corrected chi connectivity index (χ0v) is 16.3. The van der Waals surface area contributed by atoms with E-state index in [1.807, 2.05) is 0 Å². The van der Waals surface area contributed by atoms with Crippen molar-refractivity contribution in [1.29, 1.82) is 0 Å². The number of aromatic nitrogens is 1. The van der Waals surface area contributed by atoms with Crippen LogP contribution in [0.2, 0.25) is 0 Å². The lowest BCUT2D eigenvalue weighted by Crippen LogP contribution is -2.15. The van der Waals surface area contributed by atoms with E-state index in [-0.39, 0.29) is 6.10 Å². The maximum atomic E-state index is 6.47. The van der Waals surface area contributed by atoms with E-state index >= 15 is 0 Å². The molecule has 0 N–H and O–H groups in total. The minimum atomic E-state index is 0.109. The number of aryl methyl sites for hydroxylation is 2. The molecule has 0 amide bonds. The van der Waals surface area contributed by atoms with Crippen LogP contribution >= 0.6 is 0 Å². The highest BCUT2D eigenvalue weighted by Crippen LogP contribution is 2.48. The number of ether oxygens (including phenoxy) is 1. The molecule has 1 aliphatic heterocycles. The number of benzene rings is 2. The summed E-state index contributed by atoms with van der Waals surface area (Å²) < 4.78 is 15.1. The standard InChI is InChI=1S/C26H21NO2/c1-2-27-21-13-20-16-8-4-5-9-22(16)28-24(20)14-19(21)17-11-12-18-15-7-3-6-10-23(15)29-26(18)25(17)27/h3-4,6-8,10-15,23H,2,5,9H2,1H3. The molecule has 142 valence electrons. The summed E-state index contributed by atoms with van der Waals surface area (Å²) in [6, 6.07) is 9.08. The van der Waals surface area contributed by atoms with Crippen molar-refractivity contribution < 1.29 is 9.15 Å². The van der Waals surface area contributed by atoms with Gasteiger partial charge in [-0.25, -0.2) is 0 Å². The summed E-state index contributed by atoms with van der Waals surface area (Å²) in [6.07, 6.45) is 15.3. The molecule has 0 radical (unpaired) electrons. The second kappa shape index (κ2) is 5.44. The van der Waals surface area contributed by atoms with E-state index in [9.17, 15) is 0 Å². The topological polar surface area (TPSA) is 27.3 Å². The zero-order chi connectivity index (χ0) is 19.1. The Morgan fingerprint density at radius 1 is 1.07 bits per heavy atom. The first-order valence-corrected chi connectivity index (χ1v) is 10.6. The normalized spacial score (nSPS) is 21.7. The first kappa shape index (κ1) is 15.7. The van der Waals surface area contributed by atoms with Crippen molar-refractivity contribution in [3.63, 3.8) is 0 Å². The fourth-order valence-corrected chi connectivity index (χ4v) is 5.45. The molecule has 2 unspecified atom stereocenters. The third-order valence-corrected chi connectivity index (χ3v) is 6.77. The summed E-state index contributed by atoms with van der Waals surface area (Å²) in [5.74, 6) is 2.48. The fourth-order valence-electron chi connectivity index (χ4n) is 5.45. The van der Waals surface area contributed by atoms with Crippen LogP contribution in [0.5, 0.6) is 5.75 Å². The largest absolute Gasteiger partial charge is 0.483 e. The van der Waals surface area contributed by atoms with Crippen molar-refractivity contribution in [1.82, 2.24) is 4.57 Å². The first-order valence-electron chi connectivity index (χ1n) is 10.6. The Morgan fingerprint density at radius 3 is 2.93 bits per heavy atom. The van der Waals surface area contributed by atoms with Gasteiger partial charge < -0.3 is 13.7 Å². The molecular formula is C26H21NO2. The summed E-state index contributed by atoms with van der Waals surface area (Å²) in [5, 5.41) is 3.72. The van der Waals surface area contributed by atoms with Crippen LogP contribution in [0, 0.1) is 0 Å². The second-order valence-electron chi connectivity index (χ2n) is 8.25. The van der Waals surface area contributed by atoms with Gasteiger partial charge in [0.2, 0.25) is 0 Å². The van der Waals surface area contributed by atoms with E-state index in [0.717, 1.165) is 36.5 Å². The Morgan fingerprint density at radius 2 is 2.00 bits per heavy atom. The average molecular weight is 379 g/mol. The average Bonchev–Trinajstić information content (AvgIpc) is 3.40. The number of allylic oxidation sites excluding steroid dienone is 3. The van der Waals surface area contributed by atoms with Crippen LogP contribution in [0.15, 0.2) is 59.1 Å². The predicted octanol–water partition coefficient (Wildman–Crippen LogP) is 6.49. The van der Waals surface area contributed by atoms with Gasteiger partial charge in [-0.1, -0.05) is 42.5 Å². The van der Waals surface area contributed by atoms with Crippen LogP contribution < -0.4 is 4.74 Å². The van der Waals surface area contributed by atoms with Crippen LogP contribution in [0.3, 0.4) is 0 Å². The van der Waals surface area contributed by atoms with E-state index < -0.39 is 0 Å². The van der Waals surface area contributed by atoms with Crippen molar-refractivity contribution in [2.24, 2.45) is 0 Å². The molecule has 2 atom stereocenters. The number of nitrogens with zero attached hydrogens (tertiary/aromatic N) is 1. The molecule has 2 aromatic heterocycles. The van der Waals surface area contributed by atoms with Crippen LogP contribution in [0.1, 0.15) is 36.1 Å². The second-order valence-corrected chi connectivity index (χ2v) is 8.25. The van der Waals surface area contributed by atoms with Gasteiger partial charge in [0.15, 0.2) is 0 Å². The van der Waals surface area contributed by atoms with E-state index in [2.05, 4.69) is 72.2 Å². The minimum Gasteiger partial charge on any atom is -0.483 e. The Labute approximate surface area is 168 Å². The number of rotatable bonds is 1. The molecule has 0 fully saturated rings. The van der Waals surface area contributed by atoms with Gasteiger partial charge in [0.1, 0.15) is 23.2 Å². The number of hydrogen-bond acceptors (Lipinski definition) is 2. The van der Waals surface area contributed by atoms with Gasteiger partial charge >= 0.3 is 0 Å². The van der Waals surface area contributed by atoms with Gasteiger partial charge in [0.05, 0.1) is 11.0 Å². The SMILES string of the molecule is CCn1c2cc3c4c(oc3cc2c2ccc3c(c21)OC1C=CC=CC31)CCC=C4. The Balaban J connectivity index is 1.58. The molecule has 0 saturated heterocycles. The molecular weight excluding hydrogens is 358 g/mol. The smallest absolute Gasteiger partial charge is 0.148 e. The molecule has 0 spiro atoms. The molecule has 7 rings (SSSR count). The van der Waals surface area contributed by atoms with Crippen molar-refractivity contribution in [2.45, 2.75) is 38.3 Å². The van der Waals surface area contributed by atoms with Gasteiger partial charge in [-0.2, -0.15) is 0 Å². The third kappa shape index (κ3) is 1.93. The number of hydrogen-bond donors (Lipinski definition) is 0. The van der Waals surface area contributed by atoms with Gasteiger partial charge in [-0.05, 0) is 31.6 Å². The predicted molar refractivity (Wildman–Crippen MR) is 118 cm³/mol. The van der Waals surface area contributed by atoms with Crippen molar-refractivity contribution in [3.8, 4) is 5.75 Å². The molecule has 3 heteroatoms. The monoisotopic (exact) mass is 379 g/mol. The molecule has 2 aromatic carbocycles. The highest BCUT2D eigenvalue weighted by atomic mass is 16.5. The lowest BCUT2D eigenvalue weighted by atomic mass is 9.91. The lowest BCUT2D eigenvalue weighted by Gasteiger charge is -2.13. The quantitative estimate of drug-likeness (QED) is 0.378. The highest BCUT2D eigenvalue weighted by Gasteiger charge is 2.34. The van der Waals surface area contributed by atoms with Gasteiger partial charge in [-0.15, -0.1) is 0 Å². The van der Waals surface area contributed by atoms with Crippen LogP contribution in [0.25, 0.3) is 38.9 Å². The van der Waals surface area contributed by atoms with E-state index in [0.29, 0.717) is 5.92 Å². The lowest BCUT2D eigenvalue weighted by molar-refractivity contribution is 0.270. The maximum Gasteiger partial charge on any atom is 0.148 e. The van der Waals surface area contributed by atoms with E-state index in [1.54, 1.807) is 0 Å². The van der Waals surface area contributed by atoms with Crippen molar-refractivity contribution in [2.75, 3.05) is 0 Å².